The third kappa shape index (κ3) is 5.13. The van der Waals surface area contributed by atoms with Gasteiger partial charge in [0.05, 0.1) is 17.8 Å². The Kier molecular flexibility index (Phi) is 5.95. The molecule has 1 atom stereocenters. The maximum absolute atomic E-state index is 13.0. The molecular weight excluding hydrogens is 396 g/mol. The Hall–Kier alpha value is -2.46. The highest BCUT2D eigenvalue weighted by molar-refractivity contribution is 5.85. The summed E-state index contributed by atoms with van der Waals surface area (Å²) >= 11 is 0. The SMILES string of the molecule is O=C(O)C(F)(F)F.O=C1N(CC2CC2)CCC12CCCN(c1ncc(F)cn1)C2. The molecule has 3 aliphatic rings. The first-order valence-electron chi connectivity index (χ1n) is 9.43. The zero-order chi connectivity index (χ0) is 21.2. The van der Waals surface area contributed by atoms with E-state index in [1.807, 2.05) is 4.90 Å². The summed E-state index contributed by atoms with van der Waals surface area (Å²) in [7, 11) is 0. The molecule has 1 saturated carbocycles. The highest BCUT2D eigenvalue weighted by atomic mass is 19.4. The number of piperidine rings is 1. The summed E-state index contributed by atoms with van der Waals surface area (Å²) in [4.78, 5) is 34.0. The van der Waals surface area contributed by atoms with E-state index in [-0.39, 0.29) is 5.41 Å². The van der Waals surface area contributed by atoms with E-state index in [2.05, 4.69) is 14.9 Å². The fourth-order valence-corrected chi connectivity index (χ4v) is 3.83. The highest BCUT2D eigenvalue weighted by Gasteiger charge is 2.49. The van der Waals surface area contributed by atoms with Crippen LogP contribution in [-0.2, 0) is 9.59 Å². The van der Waals surface area contributed by atoms with Gasteiger partial charge in [-0.2, -0.15) is 13.2 Å². The van der Waals surface area contributed by atoms with Crippen molar-refractivity contribution in [1.29, 1.82) is 0 Å². The summed E-state index contributed by atoms with van der Waals surface area (Å²) in [5.41, 5.74) is -0.273. The Morgan fingerprint density at radius 3 is 2.38 bits per heavy atom. The molecule has 1 aliphatic carbocycles. The van der Waals surface area contributed by atoms with Crippen LogP contribution >= 0.6 is 0 Å². The minimum Gasteiger partial charge on any atom is -0.475 e. The van der Waals surface area contributed by atoms with Gasteiger partial charge in [-0.25, -0.2) is 19.2 Å². The monoisotopic (exact) mass is 418 g/mol. The topological polar surface area (TPSA) is 86.6 Å². The van der Waals surface area contributed by atoms with Crippen molar-refractivity contribution in [2.45, 2.75) is 38.3 Å². The average molecular weight is 418 g/mol. The van der Waals surface area contributed by atoms with E-state index in [9.17, 15) is 22.4 Å². The van der Waals surface area contributed by atoms with Gasteiger partial charge < -0.3 is 14.9 Å². The first-order valence-corrected chi connectivity index (χ1v) is 9.43. The summed E-state index contributed by atoms with van der Waals surface area (Å²) in [6.45, 7) is 3.32. The van der Waals surface area contributed by atoms with E-state index in [0.717, 1.165) is 44.8 Å². The second-order valence-electron chi connectivity index (χ2n) is 7.75. The van der Waals surface area contributed by atoms with Crippen LogP contribution < -0.4 is 4.90 Å². The number of halogens is 4. The van der Waals surface area contributed by atoms with Crippen LogP contribution in [0.2, 0.25) is 0 Å². The number of rotatable bonds is 3. The lowest BCUT2D eigenvalue weighted by molar-refractivity contribution is -0.192. The van der Waals surface area contributed by atoms with Gasteiger partial charge in [0.2, 0.25) is 11.9 Å². The smallest absolute Gasteiger partial charge is 0.475 e. The van der Waals surface area contributed by atoms with E-state index in [1.54, 1.807) is 0 Å². The maximum Gasteiger partial charge on any atom is 0.490 e. The van der Waals surface area contributed by atoms with Crippen molar-refractivity contribution in [3.8, 4) is 0 Å². The quantitative estimate of drug-likeness (QED) is 0.759. The molecule has 1 aromatic heterocycles. The number of hydrogen-bond acceptors (Lipinski definition) is 5. The molecule has 0 aromatic carbocycles. The normalized spacial score (nSPS) is 24.5. The van der Waals surface area contributed by atoms with E-state index in [1.165, 1.54) is 25.2 Å². The number of alkyl halides is 3. The number of carbonyl (C=O) groups is 2. The number of carbonyl (C=O) groups excluding carboxylic acids is 1. The number of anilines is 1. The summed E-state index contributed by atoms with van der Waals surface area (Å²) in [5, 5.41) is 7.12. The molecule has 4 rings (SSSR count). The van der Waals surface area contributed by atoms with Crippen LogP contribution in [0, 0.1) is 17.2 Å². The van der Waals surface area contributed by atoms with Crippen LogP contribution in [0.5, 0.6) is 0 Å². The second kappa shape index (κ2) is 8.11. The van der Waals surface area contributed by atoms with Crippen molar-refractivity contribution < 1.29 is 32.3 Å². The Morgan fingerprint density at radius 2 is 1.83 bits per heavy atom. The number of amides is 1. The van der Waals surface area contributed by atoms with Gasteiger partial charge in [0.15, 0.2) is 5.82 Å². The van der Waals surface area contributed by atoms with Gasteiger partial charge in [0.25, 0.3) is 0 Å². The summed E-state index contributed by atoms with van der Waals surface area (Å²) in [5.74, 6) is -1.60. The van der Waals surface area contributed by atoms with Gasteiger partial charge in [0.1, 0.15) is 0 Å². The fourth-order valence-electron chi connectivity index (χ4n) is 3.83. The molecule has 3 fully saturated rings. The number of hydrogen-bond donors (Lipinski definition) is 1. The van der Waals surface area contributed by atoms with Gasteiger partial charge >= 0.3 is 12.1 Å². The van der Waals surface area contributed by atoms with Crippen molar-refractivity contribution in [1.82, 2.24) is 14.9 Å². The predicted molar refractivity (Wildman–Crippen MR) is 93.5 cm³/mol. The molecule has 1 N–H and O–H groups in total. The van der Waals surface area contributed by atoms with Gasteiger partial charge in [-0.15, -0.1) is 0 Å². The molecular formula is C18H22F4N4O3. The van der Waals surface area contributed by atoms with Crippen molar-refractivity contribution in [3.63, 3.8) is 0 Å². The molecule has 2 saturated heterocycles. The van der Waals surface area contributed by atoms with E-state index in [0.29, 0.717) is 18.4 Å². The molecule has 1 spiro atoms. The minimum absolute atomic E-state index is 0.273. The number of carboxylic acids is 1. The van der Waals surface area contributed by atoms with Crippen LogP contribution in [0.15, 0.2) is 12.4 Å². The molecule has 1 aromatic rings. The number of nitrogens with zero attached hydrogens (tertiary/aromatic N) is 4. The summed E-state index contributed by atoms with van der Waals surface area (Å²) in [6, 6.07) is 0. The molecule has 7 nitrogen and oxygen atoms in total. The first-order chi connectivity index (χ1) is 13.6. The number of aromatic nitrogens is 2. The highest BCUT2D eigenvalue weighted by Crippen LogP contribution is 2.42. The molecule has 0 bridgehead atoms. The van der Waals surface area contributed by atoms with Crippen molar-refractivity contribution in [2.24, 2.45) is 11.3 Å². The van der Waals surface area contributed by atoms with Gasteiger partial charge in [-0.1, -0.05) is 0 Å². The lowest BCUT2D eigenvalue weighted by Crippen LogP contribution is -2.48. The molecule has 1 amide bonds. The molecule has 11 heteroatoms. The Morgan fingerprint density at radius 1 is 1.21 bits per heavy atom. The minimum atomic E-state index is -5.08. The molecule has 29 heavy (non-hydrogen) atoms. The maximum atomic E-state index is 13.0. The third-order valence-corrected chi connectivity index (χ3v) is 5.49. The van der Waals surface area contributed by atoms with Crippen molar-refractivity contribution in [3.05, 3.63) is 18.2 Å². The summed E-state index contributed by atoms with van der Waals surface area (Å²) < 4.78 is 44.7. The second-order valence-corrected chi connectivity index (χ2v) is 7.75. The molecule has 1 unspecified atom stereocenters. The molecule has 160 valence electrons. The lowest BCUT2D eigenvalue weighted by Gasteiger charge is -2.39. The molecule has 3 heterocycles. The van der Waals surface area contributed by atoms with Gasteiger partial charge in [-0.3, -0.25) is 4.79 Å². The number of aliphatic carboxylic acids is 1. The van der Waals surface area contributed by atoms with Crippen LogP contribution in [0.1, 0.15) is 32.1 Å². The lowest BCUT2D eigenvalue weighted by atomic mass is 9.78. The van der Waals surface area contributed by atoms with Crippen LogP contribution in [0.3, 0.4) is 0 Å². The van der Waals surface area contributed by atoms with Crippen molar-refractivity contribution in [2.75, 3.05) is 31.1 Å². The van der Waals surface area contributed by atoms with Crippen LogP contribution in [0.25, 0.3) is 0 Å². The van der Waals surface area contributed by atoms with E-state index in [4.69, 9.17) is 9.90 Å². The largest absolute Gasteiger partial charge is 0.490 e. The van der Waals surface area contributed by atoms with Gasteiger partial charge in [-0.05, 0) is 38.0 Å². The average Bonchev–Trinajstić information content (AvgIpc) is 3.44. The Labute approximate surface area is 164 Å². The fraction of sp³-hybridized carbons (Fsp3) is 0.667. The number of likely N-dealkylation sites (tertiary alicyclic amines) is 1. The molecule has 0 radical (unpaired) electrons. The zero-order valence-corrected chi connectivity index (χ0v) is 15.7. The number of carboxylic acid groups (broad SMARTS) is 1. The van der Waals surface area contributed by atoms with Crippen LogP contribution in [-0.4, -0.2) is 64.2 Å². The standard InChI is InChI=1S/C16H21FN4O.C2HF3O2/c17-13-8-18-15(19-9-13)21-6-1-4-16(11-21)5-7-20(14(16)22)10-12-2-3-12;3-2(4,5)1(6)7/h8-9,12H,1-7,10-11H2;(H,6,7). The zero-order valence-electron chi connectivity index (χ0n) is 15.7. The van der Waals surface area contributed by atoms with Crippen molar-refractivity contribution >= 4 is 17.8 Å². The van der Waals surface area contributed by atoms with Crippen LogP contribution in [0.4, 0.5) is 23.5 Å². The van der Waals surface area contributed by atoms with Gasteiger partial charge in [0, 0.05) is 26.2 Å². The predicted octanol–water partition coefficient (Wildman–Crippen LogP) is 2.48. The Balaban J connectivity index is 0.000000298. The van der Waals surface area contributed by atoms with E-state index < -0.39 is 18.0 Å². The molecule has 2 aliphatic heterocycles. The summed E-state index contributed by atoms with van der Waals surface area (Å²) in [6.07, 6.45) is 2.68. The Bertz CT molecular complexity index is 754. The third-order valence-electron chi connectivity index (χ3n) is 5.49. The van der Waals surface area contributed by atoms with E-state index >= 15 is 0 Å². The first kappa shape index (κ1) is 21.3.